The number of aryl methyl sites for hydroxylation is 2. The van der Waals surface area contributed by atoms with Gasteiger partial charge in [-0.25, -0.2) is 4.98 Å². The van der Waals surface area contributed by atoms with Crippen LogP contribution in [0.25, 0.3) is 16.2 Å². The Morgan fingerprint density at radius 3 is 2.70 bits per heavy atom. The number of ether oxygens (including phenoxy) is 1. The van der Waals surface area contributed by atoms with Gasteiger partial charge in [-0.1, -0.05) is 19.1 Å². The summed E-state index contributed by atoms with van der Waals surface area (Å²) in [4.78, 5) is 7.30. The summed E-state index contributed by atoms with van der Waals surface area (Å²) in [5, 5.41) is 0. The van der Waals surface area contributed by atoms with Crippen molar-refractivity contribution in [2.45, 2.75) is 33.6 Å². The van der Waals surface area contributed by atoms with Gasteiger partial charge in [0.25, 0.3) is 0 Å². The van der Waals surface area contributed by atoms with E-state index >= 15 is 0 Å². The highest BCUT2D eigenvalue weighted by atomic mass is 32.1. The number of nitrogens with two attached hydrogens (primary N) is 1. The van der Waals surface area contributed by atoms with Gasteiger partial charge in [-0.3, -0.25) is 4.40 Å². The summed E-state index contributed by atoms with van der Waals surface area (Å²) < 4.78 is 8.10. The number of thiazole rings is 1. The van der Waals surface area contributed by atoms with Crippen LogP contribution in [0.5, 0.6) is 5.75 Å². The molecular weight excluding hydrogens is 306 g/mol. The van der Waals surface area contributed by atoms with Gasteiger partial charge >= 0.3 is 0 Å². The van der Waals surface area contributed by atoms with Crippen molar-refractivity contribution in [3.63, 3.8) is 0 Å². The van der Waals surface area contributed by atoms with Gasteiger partial charge in [0.05, 0.1) is 18.0 Å². The lowest BCUT2D eigenvalue weighted by molar-refractivity contribution is 0.341. The third kappa shape index (κ3) is 2.75. The molecule has 0 saturated heterocycles. The van der Waals surface area contributed by atoms with Crippen molar-refractivity contribution < 1.29 is 4.74 Å². The van der Waals surface area contributed by atoms with E-state index in [1.807, 2.05) is 25.1 Å². The number of aromatic nitrogens is 2. The van der Waals surface area contributed by atoms with Crippen LogP contribution >= 0.6 is 11.3 Å². The van der Waals surface area contributed by atoms with E-state index in [4.69, 9.17) is 15.5 Å². The largest absolute Gasteiger partial charge is 0.493 e. The molecule has 0 amide bonds. The maximum atomic E-state index is 5.88. The summed E-state index contributed by atoms with van der Waals surface area (Å²) in [6.07, 6.45) is 1.80. The van der Waals surface area contributed by atoms with E-state index < -0.39 is 0 Å². The van der Waals surface area contributed by atoms with Crippen LogP contribution in [0.4, 0.5) is 0 Å². The second-order valence-electron chi connectivity index (χ2n) is 5.45. The van der Waals surface area contributed by atoms with Gasteiger partial charge < -0.3 is 10.5 Å². The average Bonchev–Trinajstić information content (AvgIpc) is 3.04. The Hall–Kier alpha value is -1.85. The molecule has 0 aliphatic heterocycles. The molecule has 0 aliphatic carbocycles. The standard InChI is InChI=1S/C18H23N3OS/c1-4-14-12(3)23-18-20-17(15(10-11-19)21(14)18)13-8-6-7-9-16(13)22-5-2/h6-9H,4-5,10-11,19H2,1-3H3. The SMILES string of the molecule is CCOc1ccccc1-c1nc2sc(C)c(CC)n2c1CCN. The highest BCUT2D eigenvalue weighted by Crippen LogP contribution is 2.35. The molecule has 3 aromatic rings. The lowest BCUT2D eigenvalue weighted by atomic mass is 10.1. The Balaban J connectivity index is 2.25. The number of nitrogens with zero attached hydrogens (tertiary/aromatic N) is 2. The number of hydrogen-bond donors (Lipinski definition) is 1. The molecule has 2 heterocycles. The third-order valence-corrected chi connectivity index (χ3v) is 5.02. The predicted molar refractivity (Wildman–Crippen MR) is 96.5 cm³/mol. The van der Waals surface area contributed by atoms with Crippen molar-refractivity contribution >= 4 is 16.3 Å². The molecule has 23 heavy (non-hydrogen) atoms. The average molecular weight is 329 g/mol. The second-order valence-corrected chi connectivity index (χ2v) is 6.63. The van der Waals surface area contributed by atoms with E-state index in [1.165, 1.54) is 16.3 Å². The van der Waals surface area contributed by atoms with Crippen LogP contribution in [0.15, 0.2) is 24.3 Å². The first-order valence-electron chi connectivity index (χ1n) is 8.13. The van der Waals surface area contributed by atoms with Crippen LogP contribution in [0.3, 0.4) is 0 Å². The van der Waals surface area contributed by atoms with Gasteiger partial charge in [0, 0.05) is 22.6 Å². The fraction of sp³-hybridized carbons (Fsp3) is 0.389. The molecule has 0 aliphatic rings. The minimum Gasteiger partial charge on any atom is -0.493 e. The topological polar surface area (TPSA) is 52.5 Å². The Bertz CT molecular complexity index is 819. The first-order chi connectivity index (χ1) is 11.2. The van der Waals surface area contributed by atoms with Crippen LogP contribution in [-0.4, -0.2) is 22.5 Å². The minimum absolute atomic E-state index is 0.607. The Labute approximate surface area is 140 Å². The Morgan fingerprint density at radius 2 is 2.00 bits per heavy atom. The number of para-hydroxylation sites is 1. The zero-order valence-electron chi connectivity index (χ0n) is 13.9. The van der Waals surface area contributed by atoms with Crippen molar-refractivity contribution in [1.82, 2.24) is 9.38 Å². The molecule has 0 saturated carbocycles. The first-order valence-corrected chi connectivity index (χ1v) is 8.94. The smallest absolute Gasteiger partial charge is 0.194 e. The van der Waals surface area contributed by atoms with Gasteiger partial charge in [-0.15, -0.1) is 11.3 Å². The van der Waals surface area contributed by atoms with Gasteiger partial charge in [0.15, 0.2) is 4.96 Å². The molecule has 122 valence electrons. The maximum Gasteiger partial charge on any atom is 0.194 e. The molecule has 0 fully saturated rings. The van der Waals surface area contributed by atoms with Crippen molar-refractivity contribution in [3.8, 4) is 17.0 Å². The summed E-state index contributed by atoms with van der Waals surface area (Å²) in [6.45, 7) is 7.61. The molecule has 0 bridgehead atoms. The molecule has 0 spiro atoms. The lowest BCUT2D eigenvalue weighted by Gasteiger charge is -2.10. The molecule has 2 aromatic heterocycles. The Morgan fingerprint density at radius 1 is 1.22 bits per heavy atom. The third-order valence-electron chi connectivity index (χ3n) is 4.02. The Kier molecular flexibility index (Phi) is 4.68. The number of benzene rings is 1. The van der Waals surface area contributed by atoms with E-state index in [0.717, 1.165) is 34.8 Å². The molecular formula is C18H23N3OS. The fourth-order valence-electron chi connectivity index (χ4n) is 3.06. The first kappa shape index (κ1) is 16.0. The van der Waals surface area contributed by atoms with E-state index in [9.17, 15) is 0 Å². The number of rotatable bonds is 6. The summed E-state index contributed by atoms with van der Waals surface area (Å²) in [5.74, 6) is 0.883. The number of fused-ring (bicyclic) bond motifs is 1. The highest BCUT2D eigenvalue weighted by molar-refractivity contribution is 7.17. The summed E-state index contributed by atoms with van der Waals surface area (Å²) in [7, 11) is 0. The van der Waals surface area contributed by atoms with Crippen LogP contribution in [0, 0.1) is 6.92 Å². The van der Waals surface area contributed by atoms with Crippen LogP contribution < -0.4 is 10.5 Å². The monoisotopic (exact) mass is 329 g/mol. The quantitative estimate of drug-likeness (QED) is 0.747. The van der Waals surface area contributed by atoms with Gasteiger partial charge in [-0.2, -0.15) is 0 Å². The minimum atomic E-state index is 0.607. The van der Waals surface area contributed by atoms with E-state index in [1.54, 1.807) is 11.3 Å². The predicted octanol–water partition coefficient (Wildman–Crippen LogP) is 3.83. The van der Waals surface area contributed by atoms with Gasteiger partial charge in [-0.05, 0) is 38.9 Å². The molecule has 0 radical (unpaired) electrons. The molecule has 4 nitrogen and oxygen atoms in total. The van der Waals surface area contributed by atoms with E-state index in [2.05, 4.69) is 24.3 Å². The maximum absolute atomic E-state index is 5.88. The zero-order chi connectivity index (χ0) is 16.4. The molecule has 0 unspecified atom stereocenters. The van der Waals surface area contributed by atoms with Crippen molar-refractivity contribution in [2.75, 3.05) is 13.2 Å². The summed E-state index contributed by atoms with van der Waals surface area (Å²) >= 11 is 1.75. The molecule has 3 rings (SSSR count). The number of hydrogen-bond acceptors (Lipinski definition) is 4. The van der Waals surface area contributed by atoms with Crippen molar-refractivity contribution in [1.29, 1.82) is 0 Å². The molecule has 2 N–H and O–H groups in total. The summed E-state index contributed by atoms with van der Waals surface area (Å²) in [5.41, 5.74) is 10.5. The van der Waals surface area contributed by atoms with Crippen molar-refractivity contribution in [3.05, 3.63) is 40.5 Å². The normalized spacial score (nSPS) is 11.3. The zero-order valence-corrected chi connectivity index (χ0v) is 14.7. The number of imidazole rings is 1. The second kappa shape index (κ2) is 6.72. The van der Waals surface area contributed by atoms with E-state index in [-0.39, 0.29) is 0 Å². The fourth-order valence-corrected chi connectivity index (χ4v) is 4.14. The van der Waals surface area contributed by atoms with Crippen LogP contribution in [0.1, 0.15) is 30.1 Å². The van der Waals surface area contributed by atoms with Crippen LogP contribution in [0.2, 0.25) is 0 Å². The lowest BCUT2D eigenvalue weighted by Crippen LogP contribution is -2.08. The summed E-state index contributed by atoms with van der Waals surface area (Å²) in [6, 6.07) is 8.11. The van der Waals surface area contributed by atoms with E-state index in [0.29, 0.717) is 13.2 Å². The van der Waals surface area contributed by atoms with Gasteiger partial charge in [0.1, 0.15) is 5.75 Å². The van der Waals surface area contributed by atoms with Crippen LogP contribution in [-0.2, 0) is 12.8 Å². The molecule has 5 heteroatoms. The van der Waals surface area contributed by atoms with Crippen molar-refractivity contribution in [2.24, 2.45) is 5.73 Å². The highest BCUT2D eigenvalue weighted by Gasteiger charge is 2.20. The molecule has 1 aromatic carbocycles. The van der Waals surface area contributed by atoms with Gasteiger partial charge in [0.2, 0.25) is 0 Å². The molecule has 0 atom stereocenters.